The van der Waals surface area contributed by atoms with Crippen LogP contribution in [0.25, 0.3) is 0 Å². The molecule has 34 heavy (non-hydrogen) atoms. The minimum atomic E-state index is -1.68. The van der Waals surface area contributed by atoms with Crippen molar-refractivity contribution in [3.8, 4) is 5.75 Å². The Morgan fingerprint density at radius 1 is 1.09 bits per heavy atom. The van der Waals surface area contributed by atoms with Crippen LogP contribution in [0, 0.1) is 0 Å². The summed E-state index contributed by atoms with van der Waals surface area (Å²) in [6, 6.07) is 4.75. The molecule has 1 aromatic carbocycles. The van der Waals surface area contributed by atoms with Gasteiger partial charge in [0.2, 0.25) is 5.91 Å². The van der Waals surface area contributed by atoms with Gasteiger partial charge in [0.05, 0.1) is 19.3 Å². The Hall–Kier alpha value is -2.36. The summed E-state index contributed by atoms with van der Waals surface area (Å²) in [7, 11) is 1.23. The van der Waals surface area contributed by atoms with Crippen molar-refractivity contribution >= 4 is 17.5 Å². The van der Waals surface area contributed by atoms with Gasteiger partial charge in [-0.1, -0.05) is 0 Å². The summed E-state index contributed by atoms with van der Waals surface area (Å²) in [6.07, 6.45) is -11.2. The first-order valence-corrected chi connectivity index (χ1v) is 10.6. The summed E-state index contributed by atoms with van der Waals surface area (Å²) in [5.41, 5.74) is 0.329. The number of rotatable bonds is 7. The molecular formula is C21H30N2O11. The van der Waals surface area contributed by atoms with Crippen molar-refractivity contribution in [2.45, 2.75) is 62.0 Å². The average molecular weight is 486 g/mol. The van der Waals surface area contributed by atoms with Crippen molar-refractivity contribution in [3.63, 3.8) is 0 Å². The van der Waals surface area contributed by atoms with E-state index in [1.165, 1.54) is 38.3 Å². The lowest BCUT2D eigenvalue weighted by Crippen LogP contribution is -2.66. The van der Waals surface area contributed by atoms with Crippen molar-refractivity contribution in [2.75, 3.05) is 25.6 Å². The fourth-order valence-electron chi connectivity index (χ4n) is 3.93. The highest BCUT2D eigenvalue weighted by Crippen LogP contribution is 2.29. The Kier molecular flexibility index (Phi) is 8.78. The maximum Gasteiger partial charge on any atom is 0.256 e. The second-order valence-corrected chi connectivity index (χ2v) is 8.10. The number of carbonyl (C=O) groups is 2. The summed E-state index contributed by atoms with van der Waals surface area (Å²) in [4.78, 5) is 24.5. The van der Waals surface area contributed by atoms with E-state index < -0.39 is 73.5 Å². The monoisotopic (exact) mass is 486 g/mol. The molecule has 2 fully saturated rings. The molecular weight excluding hydrogens is 456 g/mol. The van der Waals surface area contributed by atoms with Gasteiger partial charge in [-0.15, -0.1) is 0 Å². The highest BCUT2D eigenvalue weighted by atomic mass is 16.7. The zero-order valence-electron chi connectivity index (χ0n) is 18.6. The van der Waals surface area contributed by atoms with Crippen LogP contribution < -0.4 is 10.6 Å². The van der Waals surface area contributed by atoms with Gasteiger partial charge in [-0.05, 0) is 24.3 Å². The summed E-state index contributed by atoms with van der Waals surface area (Å²) in [5.74, 6) is -1.16. The minimum Gasteiger partial charge on any atom is -0.508 e. The number of hydrogen-bond donors (Lipinski definition) is 7. The van der Waals surface area contributed by atoms with E-state index in [4.69, 9.17) is 18.9 Å². The second kappa shape index (κ2) is 11.4. The Morgan fingerprint density at radius 3 is 2.35 bits per heavy atom. The Labute approximate surface area is 195 Å². The third-order valence-electron chi connectivity index (χ3n) is 5.67. The molecule has 2 amide bonds. The van der Waals surface area contributed by atoms with Crippen LogP contribution in [-0.2, 0) is 28.5 Å². The van der Waals surface area contributed by atoms with E-state index in [9.17, 15) is 35.1 Å². The van der Waals surface area contributed by atoms with E-state index in [1.54, 1.807) is 0 Å². The van der Waals surface area contributed by atoms with Gasteiger partial charge in [-0.25, -0.2) is 0 Å². The molecule has 0 aliphatic carbocycles. The number of benzene rings is 1. The first kappa shape index (κ1) is 26.2. The zero-order valence-corrected chi connectivity index (χ0v) is 18.6. The van der Waals surface area contributed by atoms with Crippen molar-refractivity contribution in [1.82, 2.24) is 5.32 Å². The van der Waals surface area contributed by atoms with Crippen LogP contribution in [0.3, 0.4) is 0 Å². The molecule has 190 valence electrons. The molecule has 9 atom stereocenters. The summed E-state index contributed by atoms with van der Waals surface area (Å²) in [5, 5.41) is 55.7. The number of nitrogens with one attached hydrogen (secondary N) is 2. The predicted molar refractivity (Wildman–Crippen MR) is 114 cm³/mol. The standard InChI is InChI=1S/C21H30N2O11/c1-9(25)22-12-8-32-13(7-24)14(27)17(12)33-21-16(29)15(28)18(31-2)19(34-21)20(30)23-10-3-5-11(26)6-4-10/h3-6,12-19,21,24,26-29H,7-8H2,1-2H3,(H,22,25)(H,23,30)/t12-,13+,14+,15+,16+,17+,18-,19-,21+/m0/s1. The van der Waals surface area contributed by atoms with Crippen LogP contribution >= 0.6 is 0 Å². The number of aliphatic hydroxyl groups is 4. The summed E-state index contributed by atoms with van der Waals surface area (Å²) < 4.78 is 21.9. The molecule has 2 heterocycles. The number of aliphatic hydroxyl groups excluding tert-OH is 4. The highest BCUT2D eigenvalue weighted by Gasteiger charge is 2.51. The predicted octanol–water partition coefficient (Wildman–Crippen LogP) is -2.57. The van der Waals surface area contributed by atoms with Gasteiger partial charge in [0.15, 0.2) is 12.4 Å². The molecule has 0 radical (unpaired) electrons. The molecule has 2 aliphatic rings. The lowest BCUT2D eigenvalue weighted by molar-refractivity contribution is -0.321. The van der Waals surface area contributed by atoms with E-state index in [0.717, 1.165) is 0 Å². The highest BCUT2D eigenvalue weighted by molar-refractivity contribution is 5.94. The largest absolute Gasteiger partial charge is 0.508 e. The molecule has 1 aromatic rings. The molecule has 2 aliphatic heterocycles. The molecule has 3 rings (SSSR count). The Morgan fingerprint density at radius 2 is 1.76 bits per heavy atom. The zero-order chi connectivity index (χ0) is 25.0. The van der Waals surface area contributed by atoms with E-state index in [2.05, 4.69) is 10.6 Å². The number of methoxy groups -OCH3 is 1. The summed E-state index contributed by atoms with van der Waals surface area (Å²) >= 11 is 0. The molecule has 2 saturated heterocycles. The SMILES string of the molecule is CO[C@H]1[C@H](O)[C@@H](O)[C@H](O[C@H]2[C@H](O)[C@@H](CO)OC[C@@H]2NC(C)=O)O[C@@H]1C(=O)Nc1ccc(O)cc1. The first-order valence-electron chi connectivity index (χ1n) is 10.6. The average Bonchev–Trinajstić information content (AvgIpc) is 2.80. The molecule has 0 spiro atoms. The first-order chi connectivity index (χ1) is 16.2. The van der Waals surface area contributed by atoms with Gasteiger partial charge in [0, 0.05) is 19.7 Å². The van der Waals surface area contributed by atoms with E-state index in [1.807, 2.05) is 0 Å². The van der Waals surface area contributed by atoms with Crippen LogP contribution in [0.1, 0.15) is 6.92 Å². The maximum absolute atomic E-state index is 12.9. The van der Waals surface area contributed by atoms with Crippen molar-refractivity contribution < 1.29 is 54.1 Å². The number of phenols is 1. The third kappa shape index (κ3) is 5.82. The number of ether oxygens (including phenoxy) is 4. The lowest BCUT2D eigenvalue weighted by Gasteiger charge is -2.45. The van der Waals surface area contributed by atoms with E-state index in [0.29, 0.717) is 5.69 Å². The van der Waals surface area contributed by atoms with E-state index >= 15 is 0 Å². The van der Waals surface area contributed by atoms with Crippen LogP contribution in [0.2, 0.25) is 0 Å². The van der Waals surface area contributed by atoms with Crippen LogP contribution in [0.4, 0.5) is 5.69 Å². The van der Waals surface area contributed by atoms with E-state index in [-0.39, 0.29) is 12.4 Å². The van der Waals surface area contributed by atoms with Gasteiger partial charge in [0.1, 0.15) is 42.4 Å². The quantitative estimate of drug-likeness (QED) is 0.200. The number of hydrogen-bond acceptors (Lipinski definition) is 11. The number of aromatic hydroxyl groups is 1. The fraction of sp³-hybridized carbons (Fsp3) is 0.619. The number of phenolic OH excluding ortho intramolecular Hbond substituents is 1. The lowest BCUT2D eigenvalue weighted by atomic mass is 9.96. The molecule has 13 heteroatoms. The van der Waals surface area contributed by atoms with Gasteiger partial charge in [0.25, 0.3) is 5.91 Å². The normalized spacial score (nSPS) is 36.0. The van der Waals surface area contributed by atoms with Crippen LogP contribution in [0.5, 0.6) is 5.75 Å². The third-order valence-corrected chi connectivity index (χ3v) is 5.67. The van der Waals surface area contributed by atoms with Crippen LogP contribution in [-0.4, -0.2) is 113 Å². The van der Waals surface area contributed by atoms with Crippen LogP contribution in [0.15, 0.2) is 24.3 Å². The minimum absolute atomic E-state index is 0.00128. The number of anilines is 1. The molecule has 0 unspecified atom stereocenters. The number of carbonyl (C=O) groups excluding carboxylic acids is 2. The second-order valence-electron chi connectivity index (χ2n) is 8.10. The molecule has 0 saturated carbocycles. The topological polar surface area (TPSA) is 196 Å². The van der Waals surface area contributed by atoms with Crippen molar-refractivity contribution in [3.05, 3.63) is 24.3 Å². The van der Waals surface area contributed by atoms with Crippen molar-refractivity contribution in [1.29, 1.82) is 0 Å². The van der Waals surface area contributed by atoms with Gasteiger partial charge >= 0.3 is 0 Å². The van der Waals surface area contributed by atoms with Gasteiger partial charge in [-0.2, -0.15) is 0 Å². The smallest absolute Gasteiger partial charge is 0.256 e. The fourth-order valence-corrected chi connectivity index (χ4v) is 3.93. The Balaban J connectivity index is 1.79. The molecule has 0 bridgehead atoms. The molecule has 0 aromatic heterocycles. The molecule has 7 N–H and O–H groups in total. The van der Waals surface area contributed by atoms with Crippen molar-refractivity contribution in [2.24, 2.45) is 0 Å². The van der Waals surface area contributed by atoms with Gasteiger partial charge < -0.3 is 55.1 Å². The summed E-state index contributed by atoms with van der Waals surface area (Å²) in [6.45, 7) is 0.613. The number of amides is 2. The Bertz CT molecular complexity index is 839. The van der Waals surface area contributed by atoms with Gasteiger partial charge in [-0.3, -0.25) is 9.59 Å². The molecule has 13 nitrogen and oxygen atoms in total. The maximum atomic E-state index is 12.9.